The molecule has 0 amide bonds. The first kappa shape index (κ1) is 16.8. The van der Waals surface area contributed by atoms with E-state index in [1.807, 2.05) is 75.4 Å². The molecule has 0 unspecified atom stereocenters. The molecule has 0 N–H and O–H groups in total. The molecule has 0 atom stereocenters. The number of hydrogen-bond donors (Lipinski definition) is 0. The summed E-state index contributed by atoms with van der Waals surface area (Å²) in [6, 6.07) is 17.6. The molecule has 2 aromatic carbocycles. The lowest BCUT2D eigenvalue weighted by atomic mass is 10.2. The van der Waals surface area contributed by atoms with Crippen molar-refractivity contribution in [2.75, 3.05) is 0 Å². The van der Waals surface area contributed by atoms with Gasteiger partial charge in [0.15, 0.2) is 0 Å². The fourth-order valence-electron chi connectivity index (χ4n) is 1.92. The molecule has 0 aliphatic rings. The van der Waals surface area contributed by atoms with E-state index >= 15 is 0 Å². The largest absolute Gasteiger partial charge is 0.489 e. The lowest BCUT2D eigenvalue weighted by Crippen LogP contribution is -2.22. The summed E-state index contributed by atoms with van der Waals surface area (Å²) in [5, 5.41) is 0. The zero-order chi connectivity index (χ0) is 16.7. The minimum Gasteiger partial charge on any atom is -0.489 e. The number of hydrogen-bond acceptors (Lipinski definition) is 3. The second kappa shape index (κ2) is 7.63. The minimum atomic E-state index is -0.476. The predicted octanol–water partition coefficient (Wildman–Crippen LogP) is 4.62. The van der Waals surface area contributed by atoms with E-state index in [0.29, 0.717) is 6.61 Å². The third kappa shape index (κ3) is 6.39. The molecule has 23 heavy (non-hydrogen) atoms. The Balaban J connectivity index is 1.88. The summed E-state index contributed by atoms with van der Waals surface area (Å²) in [5.41, 5.74) is 1.57. The van der Waals surface area contributed by atoms with Crippen LogP contribution < -0.4 is 4.74 Å². The van der Waals surface area contributed by atoms with Gasteiger partial charge in [-0.25, -0.2) is 4.79 Å². The van der Waals surface area contributed by atoms with Gasteiger partial charge in [-0.1, -0.05) is 42.5 Å². The average molecular weight is 310 g/mol. The molecule has 0 saturated carbocycles. The second-order valence-electron chi connectivity index (χ2n) is 6.21. The van der Waals surface area contributed by atoms with Gasteiger partial charge < -0.3 is 9.47 Å². The number of esters is 1. The molecule has 0 aromatic heterocycles. The van der Waals surface area contributed by atoms with Crippen LogP contribution in [0.15, 0.2) is 60.7 Å². The Morgan fingerprint density at radius 2 is 1.65 bits per heavy atom. The Kier molecular flexibility index (Phi) is 5.58. The molecular weight excluding hydrogens is 288 g/mol. The maximum atomic E-state index is 11.6. The third-order valence-electron chi connectivity index (χ3n) is 2.95. The van der Waals surface area contributed by atoms with Gasteiger partial charge in [0.2, 0.25) is 0 Å². The standard InChI is InChI=1S/C20H22O3/c1-20(2,3)23-19(21)14-11-16-9-12-18(13-10-16)22-15-17-7-5-4-6-8-17/h4-14H,15H2,1-3H3. The van der Waals surface area contributed by atoms with Crippen molar-refractivity contribution >= 4 is 12.0 Å². The van der Waals surface area contributed by atoms with Crippen LogP contribution in [0.4, 0.5) is 0 Å². The SMILES string of the molecule is CC(C)(C)OC(=O)C=Cc1ccc(OCc2ccccc2)cc1. The zero-order valence-electron chi connectivity index (χ0n) is 13.8. The molecule has 0 aliphatic heterocycles. The van der Waals surface area contributed by atoms with Crippen molar-refractivity contribution in [1.82, 2.24) is 0 Å². The van der Waals surface area contributed by atoms with Crippen LogP contribution in [0.3, 0.4) is 0 Å². The second-order valence-corrected chi connectivity index (χ2v) is 6.21. The average Bonchev–Trinajstić information content (AvgIpc) is 2.51. The first-order valence-corrected chi connectivity index (χ1v) is 7.60. The molecule has 2 rings (SSSR count). The van der Waals surface area contributed by atoms with Gasteiger partial charge in [-0.2, -0.15) is 0 Å². The summed E-state index contributed by atoms with van der Waals surface area (Å²) >= 11 is 0. The third-order valence-corrected chi connectivity index (χ3v) is 2.95. The lowest BCUT2D eigenvalue weighted by molar-refractivity contribution is -0.148. The summed E-state index contributed by atoms with van der Waals surface area (Å²) in [7, 11) is 0. The van der Waals surface area contributed by atoms with Gasteiger partial charge in [-0.05, 0) is 50.1 Å². The molecule has 120 valence electrons. The fourth-order valence-corrected chi connectivity index (χ4v) is 1.92. The van der Waals surface area contributed by atoms with Gasteiger partial charge in [0, 0.05) is 6.08 Å². The Bertz CT molecular complexity index is 650. The summed E-state index contributed by atoms with van der Waals surface area (Å²) in [6.45, 7) is 6.07. The van der Waals surface area contributed by atoms with Crippen molar-refractivity contribution in [3.05, 3.63) is 71.8 Å². The summed E-state index contributed by atoms with van der Waals surface area (Å²) in [6.07, 6.45) is 3.17. The highest BCUT2D eigenvalue weighted by molar-refractivity contribution is 5.87. The number of ether oxygens (including phenoxy) is 2. The highest BCUT2D eigenvalue weighted by Crippen LogP contribution is 2.15. The van der Waals surface area contributed by atoms with Crippen LogP contribution in [0.1, 0.15) is 31.9 Å². The molecule has 0 spiro atoms. The van der Waals surface area contributed by atoms with Crippen molar-refractivity contribution in [2.45, 2.75) is 33.0 Å². The topological polar surface area (TPSA) is 35.5 Å². The maximum absolute atomic E-state index is 11.6. The Hall–Kier alpha value is -2.55. The van der Waals surface area contributed by atoms with E-state index in [2.05, 4.69) is 0 Å². The van der Waals surface area contributed by atoms with E-state index in [4.69, 9.17) is 9.47 Å². The molecule has 0 bridgehead atoms. The van der Waals surface area contributed by atoms with Crippen molar-refractivity contribution < 1.29 is 14.3 Å². The Morgan fingerprint density at radius 1 is 1.00 bits per heavy atom. The zero-order valence-corrected chi connectivity index (χ0v) is 13.8. The van der Waals surface area contributed by atoms with E-state index in [1.165, 1.54) is 6.08 Å². The maximum Gasteiger partial charge on any atom is 0.331 e. The fraction of sp³-hybridized carbons (Fsp3) is 0.250. The van der Waals surface area contributed by atoms with Crippen molar-refractivity contribution in [2.24, 2.45) is 0 Å². The Morgan fingerprint density at radius 3 is 2.26 bits per heavy atom. The summed E-state index contributed by atoms with van der Waals surface area (Å²) < 4.78 is 10.9. The number of carbonyl (C=O) groups is 1. The highest BCUT2D eigenvalue weighted by atomic mass is 16.6. The van der Waals surface area contributed by atoms with Gasteiger partial charge in [0.05, 0.1) is 0 Å². The van der Waals surface area contributed by atoms with Crippen LogP contribution in [0.25, 0.3) is 6.08 Å². The highest BCUT2D eigenvalue weighted by Gasteiger charge is 2.13. The molecule has 3 heteroatoms. The van der Waals surface area contributed by atoms with Gasteiger partial charge in [-0.15, -0.1) is 0 Å². The number of rotatable bonds is 5. The minimum absolute atomic E-state index is 0.345. The lowest BCUT2D eigenvalue weighted by Gasteiger charge is -2.17. The van der Waals surface area contributed by atoms with Crippen molar-refractivity contribution in [1.29, 1.82) is 0 Å². The summed E-state index contributed by atoms with van der Waals surface area (Å²) in [4.78, 5) is 11.6. The molecule has 3 nitrogen and oxygen atoms in total. The monoisotopic (exact) mass is 310 g/mol. The molecule has 2 aromatic rings. The molecule has 0 radical (unpaired) electrons. The smallest absolute Gasteiger partial charge is 0.331 e. The van der Waals surface area contributed by atoms with Crippen LogP contribution in [-0.4, -0.2) is 11.6 Å². The first-order valence-electron chi connectivity index (χ1n) is 7.60. The normalized spacial score (nSPS) is 11.4. The quantitative estimate of drug-likeness (QED) is 0.597. The van der Waals surface area contributed by atoms with Crippen LogP contribution >= 0.6 is 0 Å². The van der Waals surface area contributed by atoms with Crippen LogP contribution in [0.2, 0.25) is 0 Å². The molecular formula is C20H22O3. The van der Waals surface area contributed by atoms with Gasteiger partial charge in [-0.3, -0.25) is 0 Å². The van der Waals surface area contributed by atoms with Crippen molar-refractivity contribution in [3.63, 3.8) is 0 Å². The Labute approximate surface area is 137 Å². The van der Waals surface area contributed by atoms with Gasteiger partial charge >= 0.3 is 5.97 Å². The van der Waals surface area contributed by atoms with E-state index < -0.39 is 5.60 Å². The first-order chi connectivity index (χ1) is 10.9. The predicted molar refractivity (Wildman–Crippen MR) is 92.1 cm³/mol. The molecule has 0 aliphatic carbocycles. The van der Waals surface area contributed by atoms with E-state index in [-0.39, 0.29) is 5.97 Å². The van der Waals surface area contributed by atoms with Crippen LogP contribution in [0.5, 0.6) is 5.75 Å². The van der Waals surface area contributed by atoms with E-state index in [1.54, 1.807) is 6.08 Å². The van der Waals surface area contributed by atoms with Crippen LogP contribution in [-0.2, 0) is 16.1 Å². The molecule has 0 saturated heterocycles. The van der Waals surface area contributed by atoms with Gasteiger partial charge in [0.1, 0.15) is 18.0 Å². The van der Waals surface area contributed by atoms with E-state index in [0.717, 1.165) is 16.9 Å². The molecule has 0 heterocycles. The number of benzene rings is 2. The van der Waals surface area contributed by atoms with E-state index in [9.17, 15) is 4.79 Å². The summed E-state index contributed by atoms with van der Waals surface area (Å²) in [5.74, 6) is 0.449. The van der Waals surface area contributed by atoms with Crippen LogP contribution in [0, 0.1) is 0 Å². The van der Waals surface area contributed by atoms with Crippen molar-refractivity contribution in [3.8, 4) is 5.75 Å². The van der Waals surface area contributed by atoms with Gasteiger partial charge in [0.25, 0.3) is 0 Å². The number of carbonyl (C=O) groups excluding carboxylic acids is 1. The molecule has 0 fully saturated rings.